The van der Waals surface area contributed by atoms with Crippen LogP contribution in [0.1, 0.15) is 51.4 Å². The molecule has 2 rings (SSSR count). The van der Waals surface area contributed by atoms with E-state index in [9.17, 15) is 10.2 Å². The maximum Gasteiger partial charge on any atom is 0.0954 e. The van der Waals surface area contributed by atoms with E-state index in [1.807, 2.05) is 0 Å². The van der Waals surface area contributed by atoms with Crippen molar-refractivity contribution < 1.29 is 10.2 Å². The number of rotatable bonds is 1. The Morgan fingerprint density at radius 3 is 2.31 bits per heavy atom. The maximum absolute atomic E-state index is 11.3. The molecule has 0 aromatic rings. The molecule has 1 saturated carbocycles. The van der Waals surface area contributed by atoms with Crippen molar-refractivity contribution in [2.75, 3.05) is 13.1 Å². The van der Waals surface area contributed by atoms with Crippen LogP contribution < -0.4 is 0 Å². The van der Waals surface area contributed by atoms with Crippen LogP contribution in [0.5, 0.6) is 0 Å². The SMILES string of the molecule is [O]C1CCN(C2CCCCC(O)CC2)CC1. The van der Waals surface area contributed by atoms with E-state index >= 15 is 0 Å². The highest BCUT2D eigenvalue weighted by molar-refractivity contribution is 4.80. The molecule has 2 atom stereocenters. The van der Waals surface area contributed by atoms with Crippen LogP contribution in [0, 0.1) is 0 Å². The third-order valence-electron chi connectivity index (χ3n) is 4.15. The predicted molar refractivity (Wildman–Crippen MR) is 62.8 cm³/mol. The van der Waals surface area contributed by atoms with Gasteiger partial charge in [0.15, 0.2) is 0 Å². The molecule has 0 spiro atoms. The molecule has 16 heavy (non-hydrogen) atoms. The van der Waals surface area contributed by atoms with E-state index in [2.05, 4.69) is 4.90 Å². The normalized spacial score (nSPS) is 35.6. The van der Waals surface area contributed by atoms with Gasteiger partial charge in [-0.05, 0) is 38.5 Å². The molecule has 1 aliphatic carbocycles. The van der Waals surface area contributed by atoms with Gasteiger partial charge >= 0.3 is 0 Å². The van der Waals surface area contributed by atoms with E-state index in [0.29, 0.717) is 6.04 Å². The van der Waals surface area contributed by atoms with Gasteiger partial charge < -0.3 is 10.0 Å². The number of likely N-dealkylation sites (tertiary alicyclic amines) is 1. The van der Waals surface area contributed by atoms with Crippen LogP contribution in [-0.2, 0) is 5.11 Å². The lowest BCUT2D eigenvalue weighted by atomic mass is 9.92. The van der Waals surface area contributed by atoms with Gasteiger partial charge in [-0.2, -0.15) is 0 Å². The molecule has 2 aliphatic rings. The van der Waals surface area contributed by atoms with E-state index in [1.54, 1.807) is 0 Å². The lowest BCUT2D eigenvalue weighted by molar-refractivity contribution is 0.00764. The third-order valence-corrected chi connectivity index (χ3v) is 4.15. The van der Waals surface area contributed by atoms with E-state index in [-0.39, 0.29) is 12.2 Å². The number of nitrogens with zero attached hydrogens (tertiary/aromatic N) is 1. The molecule has 2 unspecified atom stereocenters. The van der Waals surface area contributed by atoms with Crippen LogP contribution >= 0.6 is 0 Å². The Labute approximate surface area is 98.5 Å². The Bertz CT molecular complexity index is 202. The first-order valence-electron chi connectivity index (χ1n) is 6.83. The monoisotopic (exact) mass is 226 g/mol. The third kappa shape index (κ3) is 3.44. The van der Waals surface area contributed by atoms with Crippen LogP contribution in [0.3, 0.4) is 0 Å². The van der Waals surface area contributed by atoms with Crippen LogP contribution in [-0.4, -0.2) is 41.3 Å². The standard InChI is InChI=1S/C13H24NO2/c15-12-4-2-1-3-11(5-6-12)14-9-7-13(16)8-10-14/h11-13,15H,1-10H2. The molecule has 1 aliphatic heterocycles. The van der Waals surface area contributed by atoms with Crippen molar-refractivity contribution in [3.63, 3.8) is 0 Å². The Morgan fingerprint density at radius 2 is 1.56 bits per heavy atom. The Morgan fingerprint density at radius 1 is 0.875 bits per heavy atom. The molecule has 0 bridgehead atoms. The van der Waals surface area contributed by atoms with Crippen molar-refractivity contribution in [3.8, 4) is 0 Å². The summed E-state index contributed by atoms with van der Waals surface area (Å²) in [6.45, 7) is 1.96. The summed E-state index contributed by atoms with van der Waals surface area (Å²) in [7, 11) is 0. The van der Waals surface area contributed by atoms with Crippen LogP contribution in [0.4, 0.5) is 0 Å². The van der Waals surface area contributed by atoms with Gasteiger partial charge in [-0.1, -0.05) is 12.8 Å². The average Bonchev–Trinajstić information content (AvgIpc) is 2.26. The van der Waals surface area contributed by atoms with E-state index < -0.39 is 0 Å². The highest BCUT2D eigenvalue weighted by Crippen LogP contribution is 2.24. The summed E-state index contributed by atoms with van der Waals surface area (Å²) in [6.07, 6.45) is 7.93. The van der Waals surface area contributed by atoms with Crippen molar-refractivity contribution in [2.45, 2.75) is 69.6 Å². The number of piperidine rings is 1. The minimum atomic E-state index is -0.324. The molecule has 3 nitrogen and oxygen atoms in total. The van der Waals surface area contributed by atoms with Crippen molar-refractivity contribution in [2.24, 2.45) is 0 Å². The Kier molecular flexibility index (Phi) is 4.62. The van der Waals surface area contributed by atoms with Gasteiger partial charge in [-0.3, -0.25) is 0 Å². The molecule has 2 fully saturated rings. The second kappa shape index (κ2) is 5.99. The summed E-state index contributed by atoms with van der Waals surface area (Å²) >= 11 is 0. The number of aliphatic hydroxyl groups excluding tert-OH is 1. The zero-order valence-electron chi connectivity index (χ0n) is 10.1. The van der Waals surface area contributed by atoms with Crippen molar-refractivity contribution in [3.05, 3.63) is 0 Å². The lowest BCUT2D eigenvalue weighted by Crippen LogP contribution is -2.43. The number of aliphatic hydroxyl groups is 1. The highest BCUT2D eigenvalue weighted by Gasteiger charge is 2.25. The summed E-state index contributed by atoms with van der Waals surface area (Å²) in [4.78, 5) is 2.49. The van der Waals surface area contributed by atoms with E-state index in [1.165, 1.54) is 12.8 Å². The summed E-state index contributed by atoms with van der Waals surface area (Å²) in [5.74, 6) is 0. The molecule has 1 saturated heterocycles. The van der Waals surface area contributed by atoms with Gasteiger partial charge in [0.2, 0.25) is 0 Å². The molecule has 1 heterocycles. The first-order chi connectivity index (χ1) is 7.75. The fourth-order valence-corrected chi connectivity index (χ4v) is 3.04. The average molecular weight is 226 g/mol. The summed E-state index contributed by atoms with van der Waals surface area (Å²) in [5.41, 5.74) is 0. The molecular formula is C13H24NO2. The van der Waals surface area contributed by atoms with Crippen LogP contribution in [0.15, 0.2) is 0 Å². The first-order valence-corrected chi connectivity index (χ1v) is 6.83. The molecule has 0 aromatic carbocycles. The maximum atomic E-state index is 11.3. The Hall–Kier alpha value is -0.120. The minimum Gasteiger partial charge on any atom is -0.393 e. The summed E-state index contributed by atoms with van der Waals surface area (Å²) in [5, 5.41) is 21.0. The largest absolute Gasteiger partial charge is 0.393 e. The summed E-state index contributed by atoms with van der Waals surface area (Å²) < 4.78 is 0. The summed E-state index contributed by atoms with van der Waals surface area (Å²) in [6, 6.07) is 0.627. The van der Waals surface area contributed by atoms with Gasteiger partial charge in [0.25, 0.3) is 0 Å². The quantitative estimate of drug-likeness (QED) is 0.743. The topological polar surface area (TPSA) is 43.4 Å². The van der Waals surface area contributed by atoms with E-state index in [0.717, 1.165) is 51.6 Å². The van der Waals surface area contributed by atoms with Gasteiger partial charge in [-0.15, -0.1) is 0 Å². The van der Waals surface area contributed by atoms with Crippen molar-refractivity contribution in [1.29, 1.82) is 0 Å². The number of hydrogen-bond donors (Lipinski definition) is 1. The second-order valence-corrected chi connectivity index (χ2v) is 5.40. The molecule has 0 aromatic heterocycles. The van der Waals surface area contributed by atoms with Crippen molar-refractivity contribution in [1.82, 2.24) is 4.90 Å². The first kappa shape index (κ1) is 12.3. The smallest absolute Gasteiger partial charge is 0.0954 e. The molecule has 3 heteroatoms. The zero-order chi connectivity index (χ0) is 11.4. The zero-order valence-corrected chi connectivity index (χ0v) is 10.1. The molecular weight excluding hydrogens is 202 g/mol. The van der Waals surface area contributed by atoms with Gasteiger partial charge in [0, 0.05) is 19.1 Å². The minimum absolute atomic E-state index is 0.0835. The van der Waals surface area contributed by atoms with Gasteiger partial charge in [0.1, 0.15) is 0 Å². The molecule has 1 radical (unpaired) electrons. The molecule has 93 valence electrons. The molecule has 1 N–H and O–H groups in total. The van der Waals surface area contributed by atoms with Gasteiger partial charge in [0.05, 0.1) is 12.2 Å². The number of hydrogen-bond acceptors (Lipinski definition) is 2. The van der Waals surface area contributed by atoms with Gasteiger partial charge in [-0.25, -0.2) is 5.11 Å². The van der Waals surface area contributed by atoms with Crippen LogP contribution in [0.25, 0.3) is 0 Å². The highest BCUT2D eigenvalue weighted by atomic mass is 16.3. The van der Waals surface area contributed by atoms with E-state index in [4.69, 9.17) is 0 Å². The van der Waals surface area contributed by atoms with Crippen molar-refractivity contribution >= 4 is 0 Å². The molecule has 0 amide bonds. The predicted octanol–water partition coefficient (Wildman–Crippen LogP) is 1.96. The fraction of sp³-hybridized carbons (Fsp3) is 1.00. The fourth-order valence-electron chi connectivity index (χ4n) is 3.04. The van der Waals surface area contributed by atoms with Crippen LogP contribution in [0.2, 0.25) is 0 Å². The second-order valence-electron chi connectivity index (χ2n) is 5.40. The lowest BCUT2D eigenvalue weighted by Gasteiger charge is -2.37. The Balaban J connectivity index is 1.82.